The molecule has 0 spiro atoms. The molecule has 25 heavy (non-hydrogen) atoms. The highest BCUT2D eigenvalue weighted by molar-refractivity contribution is 7.89. The lowest BCUT2D eigenvalue weighted by Crippen LogP contribution is -2.30. The first-order valence-corrected chi connectivity index (χ1v) is 10.4. The smallest absolute Gasteiger partial charge is 0.243 e. The van der Waals surface area contributed by atoms with Gasteiger partial charge in [0.05, 0.1) is 16.6 Å². The largest absolute Gasteiger partial charge is 0.359 e. The van der Waals surface area contributed by atoms with E-state index in [1.807, 2.05) is 25.1 Å². The van der Waals surface area contributed by atoms with Crippen LogP contribution in [0, 0.1) is 5.92 Å². The molecule has 1 aliphatic heterocycles. The molecule has 1 fully saturated rings. The molecule has 0 unspecified atom stereocenters. The highest BCUT2D eigenvalue weighted by Gasteiger charge is 2.38. The molecule has 1 aromatic heterocycles. The van der Waals surface area contributed by atoms with E-state index in [0.717, 1.165) is 36.9 Å². The Morgan fingerprint density at radius 2 is 2.00 bits per heavy atom. The lowest BCUT2D eigenvalue weighted by Gasteiger charge is -2.22. The second-order valence-electron chi connectivity index (χ2n) is 7.09. The van der Waals surface area contributed by atoms with Crippen molar-refractivity contribution in [3.05, 3.63) is 47.3 Å². The molecule has 1 saturated heterocycles. The number of rotatable bonds is 6. The summed E-state index contributed by atoms with van der Waals surface area (Å²) in [5, 5.41) is 4.01. The fourth-order valence-corrected chi connectivity index (χ4v) is 5.03. The van der Waals surface area contributed by atoms with Crippen molar-refractivity contribution in [1.29, 1.82) is 0 Å². The first-order valence-electron chi connectivity index (χ1n) is 8.98. The Morgan fingerprint density at radius 1 is 1.28 bits per heavy atom. The number of hydrogen-bond acceptors (Lipinski definition) is 4. The molecule has 0 saturated carbocycles. The van der Waals surface area contributed by atoms with Crippen LogP contribution >= 0.6 is 0 Å². The van der Waals surface area contributed by atoms with Gasteiger partial charge in [-0.2, -0.15) is 4.31 Å². The van der Waals surface area contributed by atoms with Gasteiger partial charge in [-0.05, 0) is 49.3 Å². The molecule has 5 nitrogen and oxygen atoms in total. The van der Waals surface area contributed by atoms with E-state index in [9.17, 15) is 8.42 Å². The van der Waals surface area contributed by atoms with E-state index in [0.29, 0.717) is 23.1 Å². The fourth-order valence-electron chi connectivity index (χ4n) is 3.37. The second-order valence-corrected chi connectivity index (χ2v) is 8.98. The molecule has 2 aromatic rings. The topological polar surface area (TPSA) is 63.4 Å². The molecule has 0 radical (unpaired) electrons. The molecular weight excluding hydrogens is 336 g/mol. The lowest BCUT2D eigenvalue weighted by molar-refractivity contribution is 0.296. The van der Waals surface area contributed by atoms with Crippen LogP contribution in [0.4, 0.5) is 0 Å². The van der Waals surface area contributed by atoms with Crippen LogP contribution in [0.25, 0.3) is 0 Å². The average molecular weight is 362 g/mol. The molecule has 0 N–H and O–H groups in total. The first kappa shape index (κ1) is 18.1. The summed E-state index contributed by atoms with van der Waals surface area (Å²) in [5.74, 6) is 1.19. The molecular formula is C19H26N2O3S. The van der Waals surface area contributed by atoms with Crippen LogP contribution in [0.15, 0.2) is 39.8 Å². The minimum atomic E-state index is -3.53. The number of aryl methyl sites for hydroxylation is 1. The Labute approximate surface area is 150 Å². The normalized spacial score (nSPS) is 19.0. The van der Waals surface area contributed by atoms with Crippen molar-refractivity contribution in [3.63, 3.8) is 0 Å². The van der Waals surface area contributed by atoms with Crippen molar-refractivity contribution < 1.29 is 12.9 Å². The van der Waals surface area contributed by atoms with E-state index in [1.165, 1.54) is 0 Å². The highest BCUT2D eigenvalue weighted by Crippen LogP contribution is 2.36. The van der Waals surface area contributed by atoms with Crippen molar-refractivity contribution in [2.24, 2.45) is 5.92 Å². The Bertz CT molecular complexity index is 809. The van der Waals surface area contributed by atoms with E-state index in [-0.39, 0.29) is 6.04 Å². The van der Waals surface area contributed by atoms with Crippen LogP contribution in [-0.2, 0) is 22.9 Å². The highest BCUT2D eigenvalue weighted by atomic mass is 32.2. The van der Waals surface area contributed by atoms with Crippen molar-refractivity contribution in [2.75, 3.05) is 6.54 Å². The van der Waals surface area contributed by atoms with Crippen molar-refractivity contribution in [3.8, 4) is 0 Å². The Hall–Kier alpha value is -1.66. The van der Waals surface area contributed by atoms with Gasteiger partial charge in [-0.1, -0.05) is 38.1 Å². The molecule has 136 valence electrons. The summed E-state index contributed by atoms with van der Waals surface area (Å²) in [7, 11) is -3.53. The minimum Gasteiger partial charge on any atom is -0.359 e. The van der Waals surface area contributed by atoms with Crippen molar-refractivity contribution in [1.82, 2.24) is 9.46 Å². The Kier molecular flexibility index (Phi) is 5.29. The molecule has 2 heterocycles. The van der Waals surface area contributed by atoms with Crippen molar-refractivity contribution in [2.45, 2.75) is 57.4 Å². The predicted molar refractivity (Wildman–Crippen MR) is 96.7 cm³/mol. The summed E-state index contributed by atoms with van der Waals surface area (Å²) < 4.78 is 33.2. The van der Waals surface area contributed by atoms with E-state index in [2.05, 4.69) is 19.0 Å². The van der Waals surface area contributed by atoms with Crippen LogP contribution in [0.3, 0.4) is 0 Å². The van der Waals surface area contributed by atoms with Crippen LogP contribution in [-0.4, -0.2) is 24.4 Å². The number of aromatic nitrogens is 1. The van der Waals surface area contributed by atoms with Gasteiger partial charge in [0.25, 0.3) is 0 Å². The van der Waals surface area contributed by atoms with Crippen LogP contribution in [0.1, 0.15) is 56.7 Å². The summed E-state index contributed by atoms with van der Waals surface area (Å²) in [6, 6.07) is 8.90. The molecule has 1 aromatic carbocycles. The zero-order chi connectivity index (χ0) is 18.0. The van der Waals surface area contributed by atoms with Gasteiger partial charge in [-0.15, -0.1) is 0 Å². The van der Waals surface area contributed by atoms with Gasteiger partial charge >= 0.3 is 0 Å². The number of hydrogen-bond donors (Lipinski definition) is 0. The SMILES string of the molecule is CCc1cc([C@@H]2CCCN2S(=O)(=O)c2ccc(CC(C)C)cc2)on1. The zero-order valence-corrected chi connectivity index (χ0v) is 15.9. The summed E-state index contributed by atoms with van der Waals surface area (Å²) >= 11 is 0. The average Bonchev–Trinajstić information content (AvgIpc) is 3.23. The molecule has 0 amide bonds. The standard InChI is InChI=1S/C19H26N2O3S/c1-4-16-13-19(24-20-16)18-6-5-11-21(18)25(22,23)17-9-7-15(8-10-17)12-14(2)3/h7-10,13-14,18H,4-6,11-12H2,1-3H3/t18-/m0/s1. The van der Waals surface area contributed by atoms with Gasteiger partial charge in [0.1, 0.15) is 0 Å². The van der Waals surface area contributed by atoms with Gasteiger partial charge in [-0.3, -0.25) is 0 Å². The van der Waals surface area contributed by atoms with E-state index >= 15 is 0 Å². The van der Waals surface area contributed by atoms with E-state index < -0.39 is 10.0 Å². The Morgan fingerprint density at radius 3 is 2.60 bits per heavy atom. The minimum absolute atomic E-state index is 0.256. The number of nitrogens with zero attached hydrogens (tertiary/aromatic N) is 2. The lowest BCUT2D eigenvalue weighted by atomic mass is 10.0. The molecule has 3 rings (SSSR count). The molecule has 0 aliphatic carbocycles. The summed E-state index contributed by atoms with van der Waals surface area (Å²) in [6.45, 7) is 6.83. The molecule has 1 atom stereocenters. The van der Waals surface area contributed by atoms with Crippen LogP contribution < -0.4 is 0 Å². The first-order chi connectivity index (χ1) is 11.9. The third-order valence-electron chi connectivity index (χ3n) is 4.65. The fraction of sp³-hybridized carbons (Fsp3) is 0.526. The second kappa shape index (κ2) is 7.30. The summed E-state index contributed by atoms with van der Waals surface area (Å²) in [4.78, 5) is 0.349. The third-order valence-corrected chi connectivity index (χ3v) is 6.57. The molecule has 0 bridgehead atoms. The van der Waals surface area contributed by atoms with Crippen LogP contribution in [0.5, 0.6) is 0 Å². The van der Waals surface area contributed by atoms with Gasteiger partial charge in [0.15, 0.2) is 5.76 Å². The maximum absolute atomic E-state index is 13.1. The maximum atomic E-state index is 13.1. The third kappa shape index (κ3) is 3.80. The van der Waals surface area contributed by atoms with Crippen LogP contribution in [0.2, 0.25) is 0 Å². The maximum Gasteiger partial charge on any atom is 0.243 e. The van der Waals surface area contributed by atoms with Crippen molar-refractivity contribution >= 4 is 10.0 Å². The summed E-state index contributed by atoms with van der Waals surface area (Å²) in [6.07, 6.45) is 3.32. The molecule has 1 aliphatic rings. The molecule has 6 heteroatoms. The quantitative estimate of drug-likeness (QED) is 0.780. The summed E-state index contributed by atoms with van der Waals surface area (Å²) in [5.41, 5.74) is 2.02. The predicted octanol–water partition coefficient (Wildman–Crippen LogP) is 3.96. The number of benzene rings is 1. The van der Waals surface area contributed by atoms with Gasteiger partial charge < -0.3 is 4.52 Å². The zero-order valence-electron chi connectivity index (χ0n) is 15.1. The van der Waals surface area contributed by atoms with Gasteiger partial charge in [0.2, 0.25) is 10.0 Å². The van der Waals surface area contributed by atoms with E-state index in [1.54, 1.807) is 16.4 Å². The number of sulfonamides is 1. The van der Waals surface area contributed by atoms with Gasteiger partial charge in [0, 0.05) is 12.6 Å². The van der Waals surface area contributed by atoms with E-state index in [4.69, 9.17) is 4.52 Å². The monoisotopic (exact) mass is 362 g/mol. The Balaban J connectivity index is 1.85. The van der Waals surface area contributed by atoms with Gasteiger partial charge in [-0.25, -0.2) is 8.42 Å².